The van der Waals surface area contributed by atoms with Crippen molar-refractivity contribution in [1.82, 2.24) is 5.32 Å². The third-order valence-electron chi connectivity index (χ3n) is 4.90. The van der Waals surface area contributed by atoms with Gasteiger partial charge in [-0.2, -0.15) is 0 Å². The maximum atomic E-state index is 12.8. The summed E-state index contributed by atoms with van der Waals surface area (Å²) in [4.78, 5) is 37.4. The Morgan fingerprint density at radius 1 is 1.14 bits per heavy atom. The van der Waals surface area contributed by atoms with Crippen LogP contribution in [0.2, 0.25) is 0 Å². The number of para-hydroxylation sites is 1. The number of rotatable bonds is 7. The summed E-state index contributed by atoms with van der Waals surface area (Å²) in [7, 11) is 0. The fourth-order valence-electron chi connectivity index (χ4n) is 3.12. The van der Waals surface area contributed by atoms with E-state index in [4.69, 9.17) is 4.74 Å². The highest BCUT2D eigenvalue weighted by Gasteiger charge is 2.63. The summed E-state index contributed by atoms with van der Waals surface area (Å²) in [5.41, 5.74) is 1.75. The third kappa shape index (κ3) is 4.67. The molecule has 0 aliphatic heterocycles. The number of alkyl halides is 1. The van der Waals surface area contributed by atoms with Crippen molar-refractivity contribution in [2.45, 2.75) is 30.6 Å². The fourth-order valence-corrected chi connectivity index (χ4v) is 3.77. The lowest BCUT2D eigenvalue weighted by Gasteiger charge is -2.16. The molecule has 0 radical (unpaired) electrons. The van der Waals surface area contributed by atoms with Crippen molar-refractivity contribution >= 4 is 39.4 Å². The van der Waals surface area contributed by atoms with Crippen LogP contribution in [0.25, 0.3) is 0 Å². The van der Waals surface area contributed by atoms with Crippen molar-refractivity contribution in [3.8, 4) is 0 Å². The van der Waals surface area contributed by atoms with Crippen molar-refractivity contribution < 1.29 is 19.1 Å². The van der Waals surface area contributed by atoms with Crippen LogP contribution in [-0.4, -0.2) is 28.7 Å². The van der Waals surface area contributed by atoms with Gasteiger partial charge >= 0.3 is 5.97 Å². The summed E-state index contributed by atoms with van der Waals surface area (Å²) >= 11 is 3.33. The molecule has 1 aliphatic rings. The van der Waals surface area contributed by atoms with E-state index < -0.39 is 16.2 Å². The first-order valence-corrected chi connectivity index (χ1v) is 10.3. The van der Waals surface area contributed by atoms with E-state index in [9.17, 15) is 14.4 Å². The van der Waals surface area contributed by atoms with Gasteiger partial charge in [0.2, 0.25) is 5.91 Å². The molecule has 6 nitrogen and oxygen atoms in total. The Hall–Kier alpha value is -2.67. The zero-order valence-corrected chi connectivity index (χ0v) is 17.9. The van der Waals surface area contributed by atoms with E-state index in [0.29, 0.717) is 17.7 Å². The van der Waals surface area contributed by atoms with Gasteiger partial charge in [0, 0.05) is 0 Å². The molecule has 0 spiro atoms. The molecular weight excluding hydrogens is 436 g/mol. The van der Waals surface area contributed by atoms with Gasteiger partial charge in [0.05, 0.1) is 29.8 Å². The Kier molecular flexibility index (Phi) is 6.37. The number of benzene rings is 2. The molecule has 1 saturated carbocycles. The van der Waals surface area contributed by atoms with Crippen LogP contribution >= 0.6 is 15.9 Å². The average Bonchev–Trinajstić information content (AvgIpc) is 3.42. The van der Waals surface area contributed by atoms with Crippen molar-refractivity contribution in [3.05, 3.63) is 65.7 Å². The van der Waals surface area contributed by atoms with E-state index >= 15 is 0 Å². The highest BCUT2D eigenvalue weighted by atomic mass is 79.9. The van der Waals surface area contributed by atoms with E-state index in [-0.39, 0.29) is 24.5 Å². The van der Waals surface area contributed by atoms with Crippen LogP contribution in [0, 0.1) is 5.92 Å². The van der Waals surface area contributed by atoms with Crippen LogP contribution in [-0.2, 0) is 14.3 Å². The van der Waals surface area contributed by atoms with Gasteiger partial charge < -0.3 is 15.4 Å². The van der Waals surface area contributed by atoms with Gasteiger partial charge in [-0.15, -0.1) is 0 Å². The summed E-state index contributed by atoms with van der Waals surface area (Å²) in [5.74, 6) is -1.60. The predicted molar refractivity (Wildman–Crippen MR) is 114 cm³/mol. The van der Waals surface area contributed by atoms with E-state index in [2.05, 4.69) is 26.6 Å². The van der Waals surface area contributed by atoms with Crippen molar-refractivity contribution in [2.75, 3.05) is 11.9 Å². The van der Waals surface area contributed by atoms with Crippen molar-refractivity contribution in [1.29, 1.82) is 0 Å². The molecule has 0 heterocycles. The fraction of sp³-hybridized carbons (Fsp3) is 0.318. The normalized spacial score (nSPS) is 21.0. The molecule has 1 fully saturated rings. The lowest BCUT2D eigenvalue weighted by Crippen LogP contribution is -2.29. The Morgan fingerprint density at radius 2 is 1.79 bits per heavy atom. The molecule has 3 unspecified atom stereocenters. The molecule has 1 aliphatic carbocycles. The molecule has 0 aromatic heterocycles. The smallest absolute Gasteiger partial charge is 0.323 e. The molecule has 3 atom stereocenters. The van der Waals surface area contributed by atoms with Crippen LogP contribution in [0.5, 0.6) is 0 Å². The van der Waals surface area contributed by atoms with Gasteiger partial charge in [-0.1, -0.05) is 58.4 Å². The highest BCUT2D eigenvalue weighted by molar-refractivity contribution is 9.10. The van der Waals surface area contributed by atoms with Crippen molar-refractivity contribution in [3.63, 3.8) is 0 Å². The van der Waals surface area contributed by atoms with E-state index in [0.717, 1.165) is 5.56 Å². The quantitative estimate of drug-likeness (QED) is 0.487. The first kappa shape index (κ1) is 21.0. The van der Waals surface area contributed by atoms with Gasteiger partial charge in [0.15, 0.2) is 0 Å². The van der Waals surface area contributed by atoms with E-state index in [1.807, 2.05) is 37.3 Å². The minimum atomic E-state index is -0.980. The number of nitrogens with one attached hydrogen (secondary N) is 2. The van der Waals surface area contributed by atoms with Crippen LogP contribution in [0.1, 0.15) is 42.2 Å². The predicted octanol–water partition coefficient (Wildman–Crippen LogP) is 3.83. The maximum absolute atomic E-state index is 12.8. The molecule has 2 aromatic carbocycles. The molecule has 2 N–H and O–H groups in total. The monoisotopic (exact) mass is 458 g/mol. The zero-order chi connectivity index (χ0) is 21.0. The number of hydrogen-bond donors (Lipinski definition) is 2. The lowest BCUT2D eigenvalue weighted by molar-refractivity contribution is -0.144. The minimum Gasteiger partial charge on any atom is -0.465 e. The van der Waals surface area contributed by atoms with Crippen molar-refractivity contribution in [2.24, 2.45) is 5.92 Å². The Bertz CT molecular complexity index is 918. The maximum Gasteiger partial charge on any atom is 0.323 e. The van der Waals surface area contributed by atoms with Gasteiger partial charge in [-0.25, -0.2) is 0 Å². The number of anilines is 1. The Labute approximate surface area is 178 Å². The van der Waals surface area contributed by atoms with Crippen LogP contribution in [0.4, 0.5) is 5.69 Å². The second kappa shape index (κ2) is 8.78. The topological polar surface area (TPSA) is 84.5 Å². The molecule has 29 heavy (non-hydrogen) atoms. The first-order valence-electron chi connectivity index (χ1n) is 9.48. The summed E-state index contributed by atoms with van der Waals surface area (Å²) in [6, 6.07) is 16.2. The lowest BCUT2D eigenvalue weighted by atomic mass is 10.1. The molecule has 0 saturated heterocycles. The second-order valence-electron chi connectivity index (χ2n) is 6.98. The summed E-state index contributed by atoms with van der Waals surface area (Å²) < 4.78 is 4.04. The molecule has 0 bridgehead atoms. The number of halogens is 1. The van der Waals surface area contributed by atoms with E-state index in [1.165, 1.54) is 0 Å². The highest BCUT2D eigenvalue weighted by Crippen LogP contribution is 2.52. The molecule has 152 valence electrons. The number of carbonyl (C=O) groups is 3. The molecule has 2 amide bonds. The molecule has 3 rings (SSSR count). The number of ether oxygens (including phenoxy) is 1. The summed E-state index contributed by atoms with van der Waals surface area (Å²) in [6.45, 7) is 3.87. The molecule has 7 heteroatoms. The molecule has 2 aromatic rings. The van der Waals surface area contributed by atoms with Crippen LogP contribution in [0.3, 0.4) is 0 Å². The van der Waals surface area contributed by atoms with Crippen LogP contribution in [0.15, 0.2) is 54.6 Å². The van der Waals surface area contributed by atoms with E-state index in [1.54, 1.807) is 31.2 Å². The first-order chi connectivity index (χ1) is 13.9. The Balaban J connectivity index is 1.69. The summed E-state index contributed by atoms with van der Waals surface area (Å²) in [5, 5.41) is 5.73. The van der Waals surface area contributed by atoms with Gasteiger partial charge in [-0.05, 0) is 38.0 Å². The molecular formula is C22H23BrN2O4. The van der Waals surface area contributed by atoms with Gasteiger partial charge in [-0.3, -0.25) is 14.4 Å². The van der Waals surface area contributed by atoms with Gasteiger partial charge in [0.1, 0.15) is 4.32 Å². The number of esters is 1. The Morgan fingerprint density at radius 3 is 2.48 bits per heavy atom. The minimum absolute atomic E-state index is 0.185. The number of amides is 2. The largest absolute Gasteiger partial charge is 0.465 e. The standard InChI is InChI=1S/C22H23BrN2O4/c1-3-29-21(28)22(23)13-17(22)20(27)25-18-12-8-7-11-16(18)19(26)24-14(2)15-9-5-4-6-10-15/h4-12,14,17H,3,13H2,1-2H3,(H,24,26)(H,25,27). The average molecular weight is 459 g/mol. The van der Waals surface area contributed by atoms with Gasteiger partial charge in [0.25, 0.3) is 5.91 Å². The number of carbonyl (C=O) groups excluding carboxylic acids is 3. The third-order valence-corrected chi connectivity index (χ3v) is 6.10. The summed E-state index contributed by atoms with van der Waals surface area (Å²) in [6.07, 6.45) is 0.358. The number of hydrogen-bond acceptors (Lipinski definition) is 4. The van der Waals surface area contributed by atoms with Crippen LogP contribution < -0.4 is 10.6 Å². The zero-order valence-electron chi connectivity index (χ0n) is 16.3. The second-order valence-corrected chi connectivity index (χ2v) is 8.40. The SMILES string of the molecule is CCOC(=O)C1(Br)CC1C(=O)Nc1ccccc1C(=O)NC(C)c1ccccc1.